The van der Waals surface area contributed by atoms with Crippen LogP contribution in [0.25, 0.3) is 11.3 Å². The fourth-order valence-corrected chi connectivity index (χ4v) is 4.57. The summed E-state index contributed by atoms with van der Waals surface area (Å²) in [5, 5.41) is 6.32. The lowest BCUT2D eigenvalue weighted by molar-refractivity contribution is 0.0941. The van der Waals surface area contributed by atoms with Gasteiger partial charge in [0.15, 0.2) is 0 Å². The third-order valence-electron chi connectivity index (χ3n) is 6.66. The fraction of sp³-hybridized carbons (Fsp3) is 0.346. The topological polar surface area (TPSA) is 73.4 Å². The van der Waals surface area contributed by atoms with Crippen molar-refractivity contribution in [1.82, 2.24) is 20.2 Å². The molecule has 3 heterocycles. The van der Waals surface area contributed by atoms with Gasteiger partial charge in [0.2, 0.25) is 5.95 Å². The number of carbonyl (C=O) groups is 1. The number of nitrogens with one attached hydrogen (secondary N) is 2. The number of anilines is 3. The molecule has 2 aliphatic heterocycles. The zero-order valence-corrected chi connectivity index (χ0v) is 19.4. The number of piperazine rings is 1. The molecule has 1 aromatic heterocycles. The molecule has 33 heavy (non-hydrogen) atoms. The Hall–Kier alpha value is -3.45. The quantitative estimate of drug-likeness (QED) is 0.640. The van der Waals surface area contributed by atoms with Gasteiger partial charge < -0.3 is 20.4 Å². The molecule has 3 aromatic rings. The predicted octanol–water partition coefficient (Wildman–Crippen LogP) is 3.79. The molecule has 5 rings (SSSR count). The molecule has 1 saturated heterocycles. The van der Waals surface area contributed by atoms with E-state index in [4.69, 9.17) is 4.98 Å². The first-order valence-electron chi connectivity index (χ1n) is 11.5. The highest BCUT2D eigenvalue weighted by Crippen LogP contribution is 2.30. The molecule has 0 bridgehead atoms. The number of rotatable bonds is 4. The van der Waals surface area contributed by atoms with Gasteiger partial charge in [-0.15, -0.1) is 0 Å². The number of aromatic nitrogens is 2. The Morgan fingerprint density at radius 1 is 1.06 bits per heavy atom. The molecule has 170 valence electrons. The molecule has 2 aromatic carbocycles. The molecule has 0 aliphatic carbocycles. The molecule has 1 atom stereocenters. The number of carbonyl (C=O) groups excluding carboxylic acids is 1. The standard InChI is InChI=1S/C26H30N6O/c1-17-4-6-20(15-24(17)32-12-10-31(3)11-13-32)29-26-27-9-8-23(30-26)19-5-7-21-22(14-19)18(2)16-28-25(21)33/h4-9,14-15,18H,10-13,16H2,1-3H3,(H,28,33)(H,27,29,30). The summed E-state index contributed by atoms with van der Waals surface area (Å²) in [5.74, 6) is 0.831. The molecule has 0 radical (unpaired) electrons. The number of hydrogen-bond donors (Lipinski definition) is 2. The van der Waals surface area contributed by atoms with E-state index < -0.39 is 0 Å². The lowest BCUT2D eigenvalue weighted by Gasteiger charge is -2.35. The smallest absolute Gasteiger partial charge is 0.251 e. The number of aryl methyl sites for hydroxylation is 1. The second-order valence-electron chi connectivity index (χ2n) is 9.10. The maximum Gasteiger partial charge on any atom is 0.251 e. The third-order valence-corrected chi connectivity index (χ3v) is 6.66. The van der Waals surface area contributed by atoms with Crippen molar-refractivity contribution in [2.45, 2.75) is 19.8 Å². The minimum absolute atomic E-state index is 0.00443. The summed E-state index contributed by atoms with van der Waals surface area (Å²) >= 11 is 0. The predicted molar refractivity (Wildman–Crippen MR) is 132 cm³/mol. The van der Waals surface area contributed by atoms with E-state index in [0.29, 0.717) is 12.5 Å². The maximum absolute atomic E-state index is 12.2. The van der Waals surface area contributed by atoms with Crippen molar-refractivity contribution in [3.63, 3.8) is 0 Å². The molecule has 1 fully saturated rings. The van der Waals surface area contributed by atoms with Crippen molar-refractivity contribution in [3.8, 4) is 11.3 Å². The van der Waals surface area contributed by atoms with Gasteiger partial charge in [0.25, 0.3) is 5.91 Å². The number of fused-ring (bicyclic) bond motifs is 1. The van der Waals surface area contributed by atoms with Crippen LogP contribution in [0.5, 0.6) is 0 Å². The van der Waals surface area contributed by atoms with Gasteiger partial charge in [-0.2, -0.15) is 0 Å². The van der Waals surface area contributed by atoms with Crippen LogP contribution in [-0.4, -0.2) is 60.5 Å². The number of benzene rings is 2. The van der Waals surface area contributed by atoms with Crippen LogP contribution in [0.15, 0.2) is 48.7 Å². The van der Waals surface area contributed by atoms with E-state index in [-0.39, 0.29) is 11.8 Å². The lowest BCUT2D eigenvalue weighted by Crippen LogP contribution is -2.44. The van der Waals surface area contributed by atoms with E-state index >= 15 is 0 Å². The van der Waals surface area contributed by atoms with Crippen LogP contribution in [-0.2, 0) is 0 Å². The highest BCUT2D eigenvalue weighted by molar-refractivity contribution is 5.97. The largest absolute Gasteiger partial charge is 0.369 e. The summed E-state index contributed by atoms with van der Waals surface area (Å²) in [6.45, 7) is 9.15. The summed E-state index contributed by atoms with van der Waals surface area (Å²) in [6, 6.07) is 14.3. The molecule has 0 saturated carbocycles. The van der Waals surface area contributed by atoms with Crippen LogP contribution in [0.3, 0.4) is 0 Å². The van der Waals surface area contributed by atoms with Crippen molar-refractivity contribution < 1.29 is 4.79 Å². The van der Waals surface area contributed by atoms with Gasteiger partial charge in [-0.1, -0.05) is 19.1 Å². The van der Waals surface area contributed by atoms with E-state index in [0.717, 1.165) is 54.3 Å². The summed E-state index contributed by atoms with van der Waals surface area (Å²) in [5.41, 5.74) is 7.14. The number of nitrogens with zero attached hydrogens (tertiary/aromatic N) is 4. The summed E-state index contributed by atoms with van der Waals surface area (Å²) in [7, 11) is 2.17. The van der Waals surface area contributed by atoms with E-state index in [1.54, 1.807) is 6.20 Å². The first kappa shape index (κ1) is 21.4. The van der Waals surface area contributed by atoms with Crippen molar-refractivity contribution in [1.29, 1.82) is 0 Å². The number of likely N-dealkylation sites (N-methyl/N-ethyl adjacent to an activating group) is 1. The van der Waals surface area contributed by atoms with Gasteiger partial charge >= 0.3 is 0 Å². The Kier molecular flexibility index (Phi) is 5.72. The first-order valence-corrected chi connectivity index (χ1v) is 11.5. The highest BCUT2D eigenvalue weighted by atomic mass is 16.1. The average Bonchev–Trinajstić information content (AvgIpc) is 2.83. The van der Waals surface area contributed by atoms with Crippen molar-refractivity contribution in [2.24, 2.45) is 0 Å². The van der Waals surface area contributed by atoms with Gasteiger partial charge in [0.1, 0.15) is 0 Å². The first-order chi connectivity index (χ1) is 16.0. The van der Waals surface area contributed by atoms with Crippen LogP contribution in [0.2, 0.25) is 0 Å². The highest BCUT2D eigenvalue weighted by Gasteiger charge is 2.23. The molecule has 7 heteroatoms. The SMILES string of the molecule is Cc1ccc(Nc2nccc(-c3ccc4c(c3)C(C)CNC4=O)n2)cc1N1CCN(C)CC1. The van der Waals surface area contributed by atoms with Gasteiger partial charge in [-0.25, -0.2) is 9.97 Å². The monoisotopic (exact) mass is 442 g/mol. The second-order valence-corrected chi connectivity index (χ2v) is 9.10. The van der Waals surface area contributed by atoms with Crippen LogP contribution in [0.4, 0.5) is 17.3 Å². The second kappa shape index (κ2) is 8.83. The average molecular weight is 443 g/mol. The van der Waals surface area contributed by atoms with E-state index in [1.807, 2.05) is 18.2 Å². The Morgan fingerprint density at radius 2 is 1.88 bits per heavy atom. The Bertz CT molecular complexity index is 1190. The molecule has 1 unspecified atom stereocenters. The molecular weight excluding hydrogens is 412 g/mol. The van der Waals surface area contributed by atoms with Gasteiger partial charge in [-0.3, -0.25) is 4.79 Å². The van der Waals surface area contributed by atoms with Gasteiger partial charge in [0, 0.05) is 61.4 Å². The maximum atomic E-state index is 12.2. The number of hydrogen-bond acceptors (Lipinski definition) is 6. The summed E-state index contributed by atoms with van der Waals surface area (Å²) < 4.78 is 0. The zero-order chi connectivity index (χ0) is 22.9. The summed E-state index contributed by atoms with van der Waals surface area (Å²) in [4.78, 5) is 26.2. The van der Waals surface area contributed by atoms with Crippen molar-refractivity contribution >= 4 is 23.2 Å². The Balaban J connectivity index is 1.39. The third kappa shape index (κ3) is 4.41. The Labute approximate surface area is 194 Å². The zero-order valence-electron chi connectivity index (χ0n) is 19.4. The minimum atomic E-state index is -0.00443. The molecule has 1 amide bonds. The van der Waals surface area contributed by atoms with Crippen LogP contribution < -0.4 is 15.5 Å². The van der Waals surface area contributed by atoms with Gasteiger partial charge in [0.05, 0.1) is 5.69 Å². The molecular formula is C26H30N6O. The van der Waals surface area contributed by atoms with Crippen molar-refractivity contribution in [2.75, 3.05) is 50.0 Å². The van der Waals surface area contributed by atoms with E-state index in [1.165, 1.54) is 11.3 Å². The lowest BCUT2D eigenvalue weighted by atomic mass is 9.90. The van der Waals surface area contributed by atoms with Gasteiger partial charge in [-0.05, 0) is 61.3 Å². The number of amides is 1. The normalized spacial score (nSPS) is 18.6. The van der Waals surface area contributed by atoms with Crippen LogP contribution >= 0.6 is 0 Å². The molecule has 0 spiro atoms. The molecule has 2 aliphatic rings. The fourth-order valence-electron chi connectivity index (χ4n) is 4.57. The van der Waals surface area contributed by atoms with E-state index in [9.17, 15) is 4.79 Å². The van der Waals surface area contributed by atoms with Crippen LogP contribution in [0, 0.1) is 6.92 Å². The molecule has 2 N–H and O–H groups in total. The molecule has 7 nitrogen and oxygen atoms in total. The Morgan fingerprint density at radius 3 is 2.70 bits per heavy atom. The van der Waals surface area contributed by atoms with Crippen molar-refractivity contribution in [3.05, 3.63) is 65.4 Å². The minimum Gasteiger partial charge on any atom is -0.369 e. The van der Waals surface area contributed by atoms with Crippen LogP contribution in [0.1, 0.15) is 34.3 Å². The van der Waals surface area contributed by atoms with E-state index in [2.05, 4.69) is 70.6 Å². The summed E-state index contributed by atoms with van der Waals surface area (Å²) in [6.07, 6.45) is 1.77.